The Labute approximate surface area is 129 Å². The van der Waals surface area contributed by atoms with Gasteiger partial charge in [-0.3, -0.25) is 5.32 Å². The Morgan fingerprint density at radius 3 is 2.48 bits per heavy atom. The van der Waals surface area contributed by atoms with Crippen LogP contribution in [0.15, 0.2) is 0 Å². The van der Waals surface area contributed by atoms with Crippen LogP contribution < -0.4 is 5.32 Å². The van der Waals surface area contributed by atoms with E-state index in [2.05, 4.69) is 24.1 Å². The highest BCUT2D eigenvalue weighted by Gasteiger charge is 2.52. The minimum absolute atomic E-state index is 0.107. The Kier molecular flexibility index (Phi) is 7.63. The summed E-state index contributed by atoms with van der Waals surface area (Å²) in [5.74, 6) is 0.276. The second-order valence-corrected chi connectivity index (χ2v) is 6.20. The van der Waals surface area contributed by atoms with E-state index >= 15 is 0 Å². The van der Waals surface area contributed by atoms with Crippen molar-refractivity contribution >= 4 is 5.97 Å². The Balaban J connectivity index is 2.76. The van der Waals surface area contributed by atoms with Gasteiger partial charge in [0.05, 0.1) is 13.2 Å². The molecular formula is C16H32N2O3. The normalized spacial score (nSPS) is 18.0. The fourth-order valence-electron chi connectivity index (χ4n) is 2.80. The molecule has 0 saturated heterocycles. The van der Waals surface area contributed by atoms with Crippen molar-refractivity contribution in [1.29, 1.82) is 0 Å². The van der Waals surface area contributed by atoms with Gasteiger partial charge >= 0.3 is 5.97 Å². The number of likely N-dealkylation sites (N-methyl/N-ethyl adjacent to an activating group) is 1. The lowest BCUT2D eigenvalue weighted by molar-refractivity contribution is -0.153. The van der Waals surface area contributed by atoms with Crippen LogP contribution in [-0.2, 0) is 14.3 Å². The Bertz CT molecular complexity index is 319. The lowest BCUT2D eigenvalue weighted by Crippen LogP contribution is -2.63. The molecule has 21 heavy (non-hydrogen) atoms. The molecule has 1 saturated carbocycles. The second kappa shape index (κ2) is 8.71. The maximum absolute atomic E-state index is 12.6. The van der Waals surface area contributed by atoms with Gasteiger partial charge in [-0.15, -0.1) is 0 Å². The maximum atomic E-state index is 12.6. The lowest BCUT2D eigenvalue weighted by atomic mass is 9.91. The van der Waals surface area contributed by atoms with E-state index in [0.717, 1.165) is 26.0 Å². The van der Waals surface area contributed by atoms with E-state index in [0.29, 0.717) is 25.7 Å². The molecule has 0 spiro atoms. The van der Waals surface area contributed by atoms with Crippen LogP contribution in [0, 0.1) is 5.92 Å². The minimum atomic E-state index is -0.578. The van der Waals surface area contributed by atoms with E-state index in [1.807, 2.05) is 20.9 Å². The number of nitrogens with one attached hydrogen (secondary N) is 1. The van der Waals surface area contributed by atoms with Crippen molar-refractivity contribution in [3.63, 3.8) is 0 Å². The third-order valence-corrected chi connectivity index (χ3v) is 3.80. The van der Waals surface area contributed by atoms with Crippen LogP contribution in [0.2, 0.25) is 0 Å². The molecule has 0 aromatic carbocycles. The molecule has 5 nitrogen and oxygen atoms in total. The molecule has 1 atom stereocenters. The van der Waals surface area contributed by atoms with Gasteiger partial charge in [-0.1, -0.05) is 0 Å². The van der Waals surface area contributed by atoms with Crippen molar-refractivity contribution < 1.29 is 14.3 Å². The monoisotopic (exact) mass is 300 g/mol. The molecule has 1 fully saturated rings. The summed E-state index contributed by atoms with van der Waals surface area (Å²) in [5, 5.41) is 3.50. The zero-order valence-corrected chi connectivity index (χ0v) is 14.3. The number of ether oxygens (including phenoxy) is 2. The van der Waals surface area contributed by atoms with E-state index in [-0.39, 0.29) is 12.0 Å². The van der Waals surface area contributed by atoms with Crippen LogP contribution in [0.5, 0.6) is 0 Å². The van der Waals surface area contributed by atoms with Crippen molar-refractivity contribution in [1.82, 2.24) is 10.2 Å². The van der Waals surface area contributed by atoms with Gasteiger partial charge < -0.3 is 14.4 Å². The molecular weight excluding hydrogens is 268 g/mol. The summed E-state index contributed by atoms with van der Waals surface area (Å²) in [6.45, 7) is 11.4. The number of nitrogens with zero attached hydrogens (tertiary/aromatic N) is 1. The van der Waals surface area contributed by atoms with Crippen LogP contribution in [0.1, 0.15) is 40.5 Å². The number of rotatable bonds is 11. The van der Waals surface area contributed by atoms with Gasteiger partial charge in [0.1, 0.15) is 5.54 Å². The zero-order chi connectivity index (χ0) is 15.9. The van der Waals surface area contributed by atoms with E-state index in [1.165, 1.54) is 0 Å². The molecule has 0 aromatic rings. The number of hydrogen-bond donors (Lipinski definition) is 1. The first kappa shape index (κ1) is 18.4. The molecule has 1 aliphatic carbocycles. The molecule has 0 aliphatic heterocycles. The van der Waals surface area contributed by atoms with E-state index in [9.17, 15) is 4.79 Å². The summed E-state index contributed by atoms with van der Waals surface area (Å²) in [6.07, 6.45) is 2.19. The predicted molar refractivity (Wildman–Crippen MR) is 84.3 cm³/mol. The lowest BCUT2D eigenvalue weighted by Gasteiger charge is -2.37. The zero-order valence-electron chi connectivity index (χ0n) is 14.3. The Hall–Kier alpha value is -0.650. The number of carbonyl (C=O) groups is 1. The van der Waals surface area contributed by atoms with Gasteiger partial charge in [-0.05, 0) is 53.5 Å². The molecule has 124 valence electrons. The molecule has 0 bridgehead atoms. The second-order valence-electron chi connectivity index (χ2n) is 6.20. The van der Waals surface area contributed by atoms with Crippen molar-refractivity contribution in [2.24, 2.45) is 5.92 Å². The highest BCUT2D eigenvalue weighted by Crippen LogP contribution is 2.41. The van der Waals surface area contributed by atoms with Gasteiger partial charge in [0.25, 0.3) is 0 Å². The summed E-state index contributed by atoms with van der Waals surface area (Å²) in [6, 6.07) is 0.246. The number of hydrogen-bond acceptors (Lipinski definition) is 5. The number of esters is 1. The SMILES string of the molecule is CCOCCN(C)CC(NC(C)C)(C(=O)OCC)C1CC1. The van der Waals surface area contributed by atoms with Gasteiger partial charge in [-0.25, -0.2) is 4.79 Å². The molecule has 0 heterocycles. The summed E-state index contributed by atoms with van der Waals surface area (Å²) < 4.78 is 10.8. The molecule has 0 amide bonds. The summed E-state index contributed by atoms with van der Waals surface area (Å²) in [5.41, 5.74) is -0.578. The third kappa shape index (κ3) is 5.57. The Morgan fingerprint density at radius 1 is 1.33 bits per heavy atom. The van der Waals surface area contributed by atoms with Gasteiger partial charge in [0, 0.05) is 25.7 Å². The van der Waals surface area contributed by atoms with Gasteiger partial charge in [0.15, 0.2) is 0 Å². The molecule has 0 aromatic heterocycles. The van der Waals surface area contributed by atoms with Crippen LogP contribution in [0.3, 0.4) is 0 Å². The molecule has 1 N–H and O–H groups in total. The molecule has 1 rings (SSSR count). The van der Waals surface area contributed by atoms with E-state index < -0.39 is 5.54 Å². The van der Waals surface area contributed by atoms with Gasteiger partial charge in [-0.2, -0.15) is 0 Å². The fraction of sp³-hybridized carbons (Fsp3) is 0.938. The maximum Gasteiger partial charge on any atom is 0.327 e. The highest BCUT2D eigenvalue weighted by atomic mass is 16.5. The first-order chi connectivity index (χ1) is 9.96. The van der Waals surface area contributed by atoms with E-state index in [1.54, 1.807) is 0 Å². The van der Waals surface area contributed by atoms with Gasteiger partial charge in [0.2, 0.25) is 0 Å². The topological polar surface area (TPSA) is 50.8 Å². The van der Waals surface area contributed by atoms with Crippen molar-refractivity contribution in [2.75, 3.05) is 40.0 Å². The average molecular weight is 300 g/mol. The first-order valence-corrected chi connectivity index (χ1v) is 8.17. The summed E-state index contributed by atoms with van der Waals surface area (Å²) in [7, 11) is 2.04. The van der Waals surface area contributed by atoms with Crippen LogP contribution in [0.4, 0.5) is 0 Å². The van der Waals surface area contributed by atoms with Crippen molar-refractivity contribution in [3.05, 3.63) is 0 Å². The summed E-state index contributed by atoms with van der Waals surface area (Å²) in [4.78, 5) is 14.8. The van der Waals surface area contributed by atoms with Crippen LogP contribution in [-0.4, -0.2) is 62.4 Å². The Morgan fingerprint density at radius 2 is 2.00 bits per heavy atom. The molecule has 5 heteroatoms. The minimum Gasteiger partial charge on any atom is -0.465 e. The third-order valence-electron chi connectivity index (χ3n) is 3.80. The quantitative estimate of drug-likeness (QED) is 0.464. The average Bonchev–Trinajstić information content (AvgIpc) is 3.22. The largest absolute Gasteiger partial charge is 0.465 e. The summed E-state index contributed by atoms with van der Waals surface area (Å²) >= 11 is 0. The molecule has 0 radical (unpaired) electrons. The standard InChI is InChI=1S/C16H32N2O3/c1-6-20-11-10-18(5)12-16(14-8-9-14,17-13(3)4)15(19)21-7-2/h13-14,17H,6-12H2,1-5H3. The van der Waals surface area contributed by atoms with Crippen LogP contribution in [0.25, 0.3) is 0 Å². The van der Waals surface area contributed by atoms with Crippen molar-refractivity contribution in [3.8, 4) is 0 Å². The predicted octanol–water partition coefficient (Wildman–Crippen LogP) is 1.66. The van der Waals surface area contributed by atoms with Crippen molar-refractivity contribution in [2.45, 2.75) is 52.1 Å². The highest BCUT2D eigenvalue weighted by molar-refractivity contribution is 5.82. The molecule has 1 aliphatic rings. The fourth-order valence-corrected chi connectivity index (χ4v) is 2.80. The van der Waals surface area contributed by atoms with Crippen LogP contribution >= 0.6 is 0 Å². The number of carbonyl (C=O) groups excluding carboxylic acids is 1. The first-order valence-electron chi connectivity index (χ1n) is 8.17. The molecule has 1 unspecified atom stereocenters. The van der Waals surface area contributed by atoms with E-state index in [4.69, 9.17) is 9.47 Å². The smallest absolute Gasteiger partial charge is 0.327 e.